The zero-order valence-electron chi connectivity index (χ0n) is 14.2. The van der Waals surface area contributed by atoms with Crippen molar-refractivity contribution in [3.05, 3.63) is 65.6 Å². The van der Waals surface area contributed by atoms with E-state index in [4.69, 9.17) is 11.6 Å². The number of halogens is 1. The Kier molecular flexibility index (Phi) is 4.63. The second-order valence-corrected chi connectivity index (χ2v) is 6.74. The first kappa shape index (κ1) is 16.7. The molecule has 0 spiro atoms. The van der Waals surface area contributed by atoms with Crippen molar-refractivity contribution >= 4 is 39.4 Å². The molecule has 4 aromatic rings. The Bertz CT molecular complexity index is 1030. The zero-order valence-corrected chi connectivity index (χ0v) is 15.0. The summed E-state index contributed by atoms with van der Waals surface area (Å²) < 4.78 is 1.91. The third-order valence-electron chi connectivity index (χ3n) is 4.40. The number of aromatic nitrogens is 3. The molecule has 0 aliphatic rings. The molecule has 0 saturated carbocycles. The van der Waals surface area contributed by atoms with Crippen molar-refractivity contribution < 1.29 is 4.79 Å². The number of nitrogens with one attached hydrogen (secondary N) is 2. The van der Waals surface area contributed by atoms with Gasteiger partial charge in [0.25, 0.3) is 0 Å². The number of H-pyrrole nitrogens is 1. The molecule has 0 bridgehead atoms. The summed E-state index contributed by atoms with van der Waals surface area (Å²) in [5, 5.41) is 4.72. The molecule has 0 radical (unpaired) electrons. The van der Waals surface area contributed by atoms with E-state index in [9.17, 15) is 4.79 Å². The molecule has 0 unspecified atom stereocenters. The van der Waals surface area contributed by atoms with Crippen molar-refractivity contribution in [2.45, 2.75) is 19.4 Å². The van der Waals surface area contributed by atoms with Gasteiger partial charge in [-0.2, -0.15) is 0 Å². The minimum Gasteiger partial charge on any atom is -0.355 e. The molecule has 6 heteroatoms. The highest BCUT2D eigenvalue weighted by Crippen LogP contribution is 2.20. The fraction of sp³-hybridized carbons (Fsp3) is 0.200. The van der Waals surface area contributed by atoms with Crippen molar-refractivity contribution in [3.63, 3.8) is 0 Å². The predicted octanol–water partition coefficient (Wildman–Crippen LogP) is 3.92. The fourth-order valence-corrected chi connectivity index (χ4v) is 3.28. The lowest BCUT2D eigenvalue weighted by atomic mass is 10.2. The van der Waals surface area contributed by atoms with E-state index in [1.54, 1.807) is 0 Å². The summed E-state index contributed by atoms with van der Waals surface area (Å²) in [4.78, 5) is 20.1. The van der Waals surface area contributed by atoms with Crippen LogP contribution in [0, 0.1) is 0 Å². The second kappa shape index (κ2) is 7.22. The average Bonchev–Trinajstić information content (AvgIpc) is 3.22. The quantitative estimate of drug-likeness (QED) is 0.508. The van der Waals surface area contributed by atoms with Crippen LogP contribution in [0.1, 0.15) is 12.2 Å². The number of rotatable bonds is 6. The molecule has 26 heavy (non-hydrogen) atoms. The standard InChI is InChI=1S/C20H19ClN4O/c21-15-8-7-14-9-11-25(18(14)12-15)13-20(26)22-10-3-6-19-23-16-4-1-2-5-17(16)24-19/h1-2,4-5,7-9,11-12H,3,6,10,13H2,(H,22,26)(H,23,24). The molecule has 2 heterocycles. The number of carbonyl (C=O) groups excluding carboxylic acids is 1. The van der Waals surface area contributed by atoms with E-state index in [-0.39, 0.29) is 12.5 Å². The van der Waals surface area contributed by atoms with Gasteiger partial charge in [0.15, 0.2) is 0 Å². The van der Waals surface area contributed by atoms with Gasteiger partial charge in [-0.25, -0.2) is 4.98 Å². The Hall–Kier alpha value is -2.79. The van der Waals surface area contributed by atoms with Crippen LogP contribution in [0.4, 0.5) is 0 Å². The maximum absolute atomic E-state index is 12.2. The lowest BCUT2D eigenvalue weighted by molar-refractivity contribution is -0.121. The van der Waals surface area contributed by atoms with Crippen LogP contribution in [0.5, 0.6) is 0 Å². The van der Waals surface area contributed by atoms with Gasteiger partial charge in [-0.3, -0.25) is 4.79 Å². The average molecular weight is 367 g/mol. The zero-order chi connectivity index (χ0) is 17.9. The predicted molar refractivity (Wildman–Crippen MR) is 104 cm³/mol. The lowest BCUT2D eigenvalue weighted by Crippen LogP contribution is -2.28. The number of nitrogens with zero attached hydrogens (tertiary/aromatic N) is 2. The number of amides is 1. The van der Waals surface area contributed by atoms with Gasteiger partial charge in [0.1, 0.15) is 12.4 Å². The van der Waals surface area contributed by atoms with E-state index in [0.717, 1.165) is 40.6 Å². The molecular formula is C20H19ClN4O. The van der Waals surface area contributed by atoms with E-state index < -0.39 is 0 Å². The minimum atomic E-state index is -0.00733. The Balaban J connectivity index is 1.29. The summed E-state index contributed by atoms with van der Waals surface area (Å²) >= 11 is 6.05. The number of aryl methyl sites for hydroxylation is 1. The number of fused-ring (bicyclic) bond motifs is 2. The highest BCUT2D eigenvalue weighted by atomic mass is 35.5. The molecule has 2 aromatic heterocycles. The number of aromatic amines is 1. The van der Waals surface area contributed by atoms with Gasteiger partial charge in [0.2, 0.25) is 5.91 Å². The van der Waals surface area contributed by atoms with Crippen molar-refractivity contribution in [2.24, 2.45) is 0 Å². The van der Waals surface area contributed by atoms with Crippen LogP contribution >= 0.6 is 11.6 Å². The third-order valence-corrected chi connectivity index (χ3v) is 4.64. The monoisotopic (exact) mass is 366 g/mol. The highest BCUT2D eigenvalue weighted by Gasteiger charge is 2.07. The molecule has 2 aromatic carbocycles. The van der Waals surface area contributed by atoms with Crippen LogP contribution in [0.25, 0.3) is 21.9 Å². The first-order chi connectivity index (χ1) is 12.7. The minimum absolute atomic E-state index is 0.00733. The van der Waals surface area contributed by atoms with E-state index in [1.807, 2.05) is 59.3 Å². The van der Waals surface area contributed by atoms with Crippen LogP contribution < -0.4 is 5.32 Å². The molecule has 132 valence electrons. The van der Waals surface area contributed by atoms with Gasteiger partial charge in [0, 0.05) is 29.7 Å². The van der Waals surface area contributed by atoms with Crippen LogP contribution in [0.2, 0.25) is 5.02 Å². The van der Waals surface area contributed by atoms with Gasteiger partial charge in [0.05, 0.1) is 11.0 Å². The smallest absolute Gasteiger partial charge is 0.239 e. The molecule has 2 N–H and O–H groups in total. The molecule has 0 saturated heterocycles. The molecule has 0 aliphatic carbocycles. The van der Waals surface area contributed by atoms with E-state index in [1.165, 1.54) is 0 Å². The first-order valence-electron chi connectivity index (χ1n) is 8.64. The number of hydrogen-bond donors (Lipinski definition) is 2. The topological polar surface area (TPSA) is 62.7 Å². The number of imidazole rings is 1. The maximum atomic E-state index is 12.2. The number of para-hydroxylation sites is 2. The van der Waals surface area contributed by atoms with Gasteiger partial charge in [-0.15, -0.1) is 0 Å². The van der Waals surface area contributed by atoms with E-state index in [0.29, 0.717) is 11.6 Å². The van der Waals surface area contributed by atoms with Crippen LogP contribution in [-0.4, -0.2) is 27.0 Å². The van der Waals surface area contributed by atoms with Crippen LogP contribution in [0.15, 0.2) is 54.7 Å². The number of hydrogen-bond acceptors (Lipinski definition) is 2. The normalized spacial score (nSPS) is 11.3. The largest absolute Gasteiger partial charge is 0.355 e. The van der Waals surface area contributed by atoms with Crippen LogP contribution in [-0.2, 0) is 17.8 Å². The first-order valence-corrected chi connectivity index (χ1v) is 9.01. The summed E-state index contributed by atoms with van der Waals surface area (Å²) in [7, 11) is 0. The van der Waals surface area contributed by atoms with Gasteiger partial charge >= 0.3 is 0 Å². The van der Waals surface area contributed by atoms with Gasteiger partial charge in [-0.1, -0.05) is 29.8 Å². The maximum Gasteiger partial charge on any atom is 0.239 e. The van der Waals surface area contributed by atoms with Gasteiger partial charge < -0.3 is 14.9 Å². The van der Waals surface area contributed by atoms with Crippen molar-refractivity contribution in [1.29, 1.82) is 0 Å². The molecule has 4 rings (SSSR count). The van der Waals surface area contributed by atoms with Crippen molar-refractivity contribution in [3.8, 4) is 0 Å². The Morgan fingerprint density at radius 3 is 2.96 bits per heavy atom. The van der Waals surface area contributed by atoms with E-state index in [2.05, 4.69) is 15.3 Å². The second-order valence-electron chi connectivity index (χ2n) is 6.30. The summed E-state index contributed by atoms with van der Waals surface area (Å²) in [5.41, 5.74) is 2.99. The van der Waals surface area contributed by atoms with E-state index >= 15 is 0 Å². The summed E-state index contributed by atoms with van der Waals surface area (Å²) in [6.07, 6.45) is 3.55. The Morgan fingerprint density at radius 1 is 1.19 bits per heavy atom. The molecule has 0 aliphatic heterocycles. The lowest BCUT2D eigenvalue weighted by Gasteiger charge is -2.07. The highest BCUT2D eigenvalue weighted by molar-refractivity contribution is 6.31. The molecule has 1 amide bonds. The Labute approximate surface area is 156 Å². The molecule has 0 fully saturated rings. The third kappa shape index (κ3) is 3.58. The SMILES string of the molecule is O=C(Cn1ccc2ccc(Cl)cc21)NCCCc1nc2ccccc2[nH]1. The van der Waals surface area contributed by atoms with Gasteiger partial charge in [-0.05, 0) is 42.1 Å². The summed E-state index contributed by atoms with van der Waals surface area (Å²) in [5.74, 6) is 0.943. The Morgan fingerprint density at radius 2 is 2.08 bits per heavy atom. The number of benzene rings is 2. The van der Waals surface area contributed by atoms with Crippen molar-refractivity contribution in [2.75, 3.05) is 6.54 Å². The number of carbonyl (C=O) groups is 1. The summed E-state index contributed by atoms with van der Waals surface area (Å²) in [6.45, 7) is 0.907. The van der Waals surface area contributed by atoms with Crippen LogP contribution in [0.3, 0.4) is 0 Å². The molecular weight excluding hydrogens is 348 g/mol. The van der Waals surface area contributed by atoms with Crippen molar-refractivity contribution in [1.82, 2.24) is 19.9 Å². The summed E-state index contributed by atoms with van der Waals surface area (Å²) in [6, 6.07) is 15.7. The molecule has 0 atom stereocenters. The molecule has 5 nitrogen and oxygen atoms in total. The fourth-order valence-electron chi connectivity index (χ4n) is 3.11.